The zero-order valence-corrected chi connectivity index (χ0v) is 44.3. The van der Waals surface area contributed by atoms with Gasteiger partial charge in [-0.1, -0.05) is 197 Å². The van der Waals surface area contributed by atoms with E-state index in [2.05, 4.69) is 41.5 Å². The molecule has 0 radical (unpaired) electrons. The van der Waals surface area contributed by atoms with E-state index in [0.717, 1.165) is 99.8 Å². The maximum absolute atomic E-state index is 9.23. The minimum atomic E-state index is 0. The van der Waals surface area contributed by atoms with Gasteiger partial charge in [-0.15, -0.1) is 0 Å². The van der Waals surface area contributed by atoms with Crippen LogP contribution in [0.5, 0.6) is 11.5 Å². The monoisotopic (exact) mass is 975 g/mol. The van der Waals surface area contributed by atoms with Gasteiger partial charge in [0.2, 0.25) is 0 Å². The third kappa shape index (κ3) is 25.9. The molecule has 0 aliphatic rings. The third-order valence-electron chi connectivity index (χ3n) is 9.02. The lowest BCUT2D eigenvalue weighted by molar-refractivity contribution is 0.281. The first-order valence-electron chi connectivity index (χ1n) is 24.8. The van der Waals surface area contributed by atoms with Gasteiger partial charge in [-0.25, -0.2) is 0 Å². The number of hydrogen-bond donors (Lipinski definition) is 6. The van der Waals surface area contributed by atoms with Crippen molar-refractivity contribution >= 4 is 43.1 Å². The molecule has 0 unspecified atom stereocenters. The molecule has 0 heterocycles. The van der Waals surface area contributed by atoms with Crippen LogP contribution >= 0.6 is 0 Å². The van der Waals surface area contributed by atoms with Crippen LogP contribution in [0.3, 0.4) is 0 Å². The van der Waals surface area contributed by atoms with E-state index < -0.39 is 0 Å². The van der Waals surface area contributed by atoms with E-state index in [9.17, 15) is 10.2 Å². The summed E-state index contributed by atoms with van der Waals surface area (Å²) in [7, 11) is 0. The Labute approximate surface area is 430 Å². The van der Waals surface area contributed by atoms with Gasteiger partial charge in [0.1, 0.15) is 11.5 Å². The van der Waals surface area contributed by atoms with E-state index in [1.54, 1.807) is 0 Å². The normalized spacial score (nSPS) is 9.49. The van der Waals surface area contributed by atoms with Crippen molar-refractivity contribution in [3.8, 4) is 11.5 Å². The first-order chi connectivity index (χ1) is 33.4. The van der Waals surface area contributed by atoms with Crippen molar-refractivity contribution in [1.29, 1.82) is 0 Å². The van der Waals surface area contributed by atoms with Crippen molar-refractivity contribution in [2.24, 2.45) is 11.8 Å². The molecule has 0 aromatic heterocycles. The van der Waals surface area contributed by atoms with Crippen LogP contribution < -0.4 is 4.74 Å². The fraction of sp³-hybridized carbons (Fsp3) is 0.375. The number of benzene rings is 8. The van der Waals surface area contributed by atoms with Gasteiger partial charge in [0.25, 0.3) is 0 Å². The average Bonchev–Trinajstić information content (AvgIpc) is 3.40. The van der Waals surface area contributed by atoms with Gasteiger partial charge < -0.3 is 35.4 Å². The molecule has 0 fully saturated rings. The molecule has 8 rings (SSSR count). The van der Waals surface area contributed by atoms with Gasteiger partial charge in [-0.05, 0) is 149 Å². The van der Waals surface area contributed by atoms with Gasteiger partial charge in [-0.3, -0.25) is 0 Å². The summed E-state index contributed by atoms with van der Waals surface area (Å²) in [5.74, 6) is 3.21. The van der Waals surface area contributed by atoms with Gasteiger partial charge in [0, 0.05) is 0 Å². The van der Waals surface area contributed by atoms with Gasteiger partial charge in [-0.2, -0.15) is 0 Å². The molecule has 7 nitrogen and oxygen atoms in total. The van der Waals surface area contributed by atoms with Crippen molar-refractivity contribution in [3.05, 3.63) is 179 Å². The van der Waals surface area contributed by atoms with Crippen LogP contribution in [-0.2, 0) is 39.6 Å². The number of ether oxygens (including phenoxy) is 1. The number of fused-ring (bicyclic) bond motifs is 4. The van der Waals surface area contributed by atoms with Crippen LogP contribution in [0.15, 0.2) is 146 Å². The van der Waals surface area contributed by atoms with E-state index in [1.807, 2.05) is 201 Å². The zero-order valence-electron chi connectivity index (χ0n) is 44.3. The van der Waals surface area contributed by atoms with Crippen LogP contribution in [0.1, 0.15) is 145 Å². The fourth-order valence-electron chi connectivity index (χ4n) is 6.09. The Balaban J connectivity index is -0.000000872. The van der Waals surface area contributed by atoms with Crippen LogP contribution in [0, 0.1) is 11.8 Å². The lowest BCUT2D eigenvalue weighted by Gasteiger charge is -2.09. The Bertz CT molecular complexity index is 2400. The molecule has 6 N–H and O–H groups in total. The minimum Gasteiger partial charge on any atom is -0.457 e. The summed E-state index contributed by atoms with van der Waals surface area (Å²) in [4.78, 5) is 0. The molecule has 0 aliphatic carbocycles. The summed E-state index contributed by atoms with van der Waals surface area (Å²) >= 11 is 0. The van der Waals surface area contributed by atoms with Crippen LogP contribution in [0.4, 0.5) is 0 Å². The molecule has 0 bridgehead atoms. The highest BCUT2D eigenvalue weighted by Crippen LogP contribution is 2.29. The fourth-order valence-corrected chi connectivity index (χ4v) is 6.09. The molecule has 8 aromatic rings. The molecule has 0 saturated carbocycles. The highest BCUT2D eigenvalue weighted by molar-refractivity contribution is 5.87. The van der Waals surface area contributed by atoms with E-state index in [-0.39, 0.29) is 54.5 Å². The van der Waals surface area contributed by atoms with Crippen LogP contribution in [-0.4, -0.2) is 30.6 Å². The summed E-state index contributed by atoms with van der Waals surface area (Å²) in [6.45, 7) is 29.3. The SMILES string of the molecule is C.C.CC.CC.CC.CC.CC(C)C.CC(C)C.OCc1ccc2cc(CO)ccc2c1.OCc1ccc2cc(Oc3ccc4cc(CO)ccc4c3)ccc2c1.OCc1ccc2ccc(CO)cc2c1. The van der Waals surface area contributed by atoms with E-state index in [1.165, 1.54) is 0 Å². The van der Waals surface area contributed by atoms with Crippen LogP contribution in [0.25, 0.3) is 43.1 Å². The third-order valence-corrected chi connectivity index (χ3v) is 9.02. The zero-order chi connectivity index (χ0) is 52.3. The lowest BCUT2D eigenvalue weighted by atomic mass is 10.0. The minimum absolute atomic E-state index is 0. The summed E-state index contributed by atoms with van der Waals surface area (Å²) in [6, 6.07) is 46.9. The summed E-state index contributed by atoms with van der Waals surface area (Å²) in [6.07, 6.45) is 0. The second-order valence-corrected chi connectivity index (χ2v) is 16.2. The van der Waals surface area contributed by atoms with E-state index in [0.29, 0.717) is 0 Å². The largest absolute Gasteiger partial charge is 0.457 e. The molecule has 0 amide bonds. The maximum Gasteiger partial charge on any atom is 0.128 e. The van der Waals surface area contributed by atoms with Crippen molar-refractivity contribution in [3.63, 3.8) is 0 Å². The first-order valence-corrected chi connectivity index (χ1v) is 24.8. The molecular formula is C64H94O7. The number of rotatable bonds is 8. The quantitative estimate of drug-likeness (QED) is 0.0894. The topological polar surface area (TPSA) is 131 Å². The Morgan fingerprint density at radius 3 is 0.648 bits per heavy atom. The Kier molecular flexibility index (Phi) is 40.2. The second-order valence-electron chi connectivity index (χ2n) is 16.2. The summed E-state index contributed by atoms with van der Waals surface area (Å²) in [5.41, 5.74) is 5.42. The van der Waals surface area contributed by atoms with E-state index >= 15 is 0 Å². The Hall–Kier alpha value is -5.64. The average molecular weight is 975 g/mol. The van der Waals surface area contributed by atoms with Gasteiger partial charge in [0.15, 0.2) is 0 Å². The molecule has 0 saturated heterocycles. The summed E-state index contributed by atoms with van der Waals surface area (Å²) < 4.78 is 6.01. The molecule has 0 atom stereocenters. The molecular weight excluding hydrogens is 881 g/mol. The molecule has 0 spiro atoms. The highest BCUT2D eigenvalue weighted by Gasteiger charge is 2.04. The first kappa shape index (κ1) is 69.6. The maximum atomic E-state index is 9.23. The molecule has 71 heavy (non-hydrogen) atoms. The van der Waals surface area contributed by atoms with Crippen molar-refractivity contribution in [2.45, 2.75) is 151 Å². The highest BCUT2D eigenvalue weighted by atomic mass is 16.5. The van der Waals surface area contributed by atoms with Crippen molar-refractivity contribution < 1.29 is 35.4 Å². The Morgan fingerprint density at radius 2 is 0.437 bits per heavy atom. The lowest BCUT2D eigenvalue weighted by Crippen LogP contribution is -1.87. The van der Waals surface area contributed by atoms with Crippen LogP contribution in [0.2, 0.25) is 0 Å². The molecule has 7 heteroatoms. The standard InChI is InChI=1S/C22H18O3.2C12H12O2.2C4H10.4C2H6.2CH4/c23-13-15-1-3-19-11-21(7-5-17(19)9-15)25-22-8-6-18-10-16(14-24)2-4-20(18)12-22;13-7-9-1-3-11-6-10(8-14)2-4-12(11)5-9;13-7-9-1-3-11-4-2-10(8-14)6-12(11)5-9;2*1-4(2)3;4*1-2;;/h1-12,23-24H,13-14H2;2*1-6,13-14H,7-8H2;2*4H,1-3H3;4*1-2H3;2*1H4. The number of aliphatic hydroxyl groups is 6. The van der Waals surface area contributed by atoms with E-state index in [4.69, 9.17) is 25.2 Å². The smallest absolute Gasteiger partial charge is 0.128 e. The molecule has 392 valence electrons. The van der Waals surface area contributed by atoms with Crippen molar-refractivity contribution in [1.82, 2.24) is 0 Å². The predicted octanol–water partition coefficient (Wildman–Crippen LogP) is 17.1. The molecule has 8 aromatic carbocycles. The van der Waals surface area contributed by atoms with Gasteiger partial charge in [0.05, 0.1) is 39.6 Å². The number of hydrogen-bond acceptors (Lipinski definition) is 7. The number of aliphatic hydroxyl groups excluding tert-OH is 6. The predicted molar refractivity (Wildman–Crippen MR) is 311 cm³/mol. The van der Waals surface area contributed by atoms with Gasteiger partial charge >= 0.3 is 0 Å². The molecule has 0 aliphatic heterocycles. The summed E-state index contributed by atoms with van der Waals surface area (Å²) in [5, 5.41) is 63.0. The second kappa shape index (κ2) is 41.0. The van der Waals surface area contributed by atoms with Crippen molar-refractivity contribution in [2.75, 3.05) is 0 Å². The Morgan fingerprint density at radius 1 is 0.268 bits per heavy atom.